The molecule has 31 heavy (non-hydrogen) atoms. The molecule has 1 aliphatic carbocycles. The van der Waals surface area contributed by atoms with Gasteiger partial charge in [-0.25, -0.2) is 15.1 Å². The Morgan fingerprint density at radius 2 is 1.90 bits per heavy atom. The molecule has 1 saturated carbocycles. The van der Waals surface area contributed by atoms with Gasteiger partial charge in [-0.05, 0) is 25.3 Å². The van der Waals surface area contributed by atoms with E-state index >= 15 is 0 Å². The highest BCUT2D eigenvalue weighted by Gasteiger charge is 2.45. The van der Waals surface area contributed by atoms with Crippen molar-refractivity contribution in [2.75, 3.05) is 42.9 Å². The van der Waals surface area contributed by atoms with E-state index in [4.69, 9.17) is 0 Å². The highest BCUT2D eigenvalue weighted by atomic mass is 19.4. The lowest BCUT2D eigenvalue weighted by molar-refractivity contribution is -0.138. The summed E-state index contributed by atoms with van der Waals surface area (Å²) in [6.07, 6.45) is -2.12. The summed E-state index contributed by atoms with van der Waals surface area (Å²) in [5.74, 6) is 1.05. The number of alkyl halides is 3. The maximum atomic E-state index is 12.7. The Morgan fingerprint density at radius 1 is 1.23 bits per heavy atom. The number of aromatic amines is 1. The van der Waals surface area contributed by atoms with E-state index in [2.05, 4.69) is 25.5 Å². The molecule has 2 aliphatic rings. The van der Waals surface area contributed by atoms with Gasteiger partial charge in [0, 0.05) is 56.6 Å². The van der Waals surface area contributed by atoms with Crippen LogP contribution < -0.4 is 15.8 Å². The lowest BCUT2D eigenvalue weighted by atomic mass is 10.2. The van der Waals surface area contributed by atoms with Crippen LogP contribution in [0, 0.1) is 18.8 Å². The number of nitrogens with zero attached hydrogens (tertiary/aromatic N) is 5. The van der Waals surface area contributed by atoms with Gasteiger partial charge in [-0.1, -0.05) is 0 Å². The molecule has 0 bridgehead atoms. The molecular formula is C19H22F3N7O2. The van der Waals surface area contributed by atoms with Gasteiger partial charge < -0.3 is 15.1 Å². The maximum absolute atomic E-state index is 12.7. The zero-order valence-electron chi connectivity index (χ0n) is 16.8. The van der Waals surface area contributed by atoms with Gasteiger partial charge in [-0.3, -0.25) is 9.59 Å². The van der Waals surface area contributed by atoms with Crippen LogP contribution in [-0.4, -0.2) is 63.7 Å². The average Bonchev–Trinajstić information content (AvgIpc) is 3.53. The van der Waals surface area contributed by atoms with Gasteiger partial charge in [0.25, 0.3) is 5.56 Å². The molecule has 2 fully saturated rings. The monoisotopic (exact) mass is 437 g/mol. The minimum Gasteiger partial charge on any atom is -0.368 e. The molecule has 2 aromatic rings. The lowest BCUT2D eigenvalue weighted by Crippen LogP contribution is -2.50. The zero-order chi connectivity index (χ0) is 22.2. The van der Waals surface area contributed by atoms with Crippen molar-refractivity contribution in [1.82, 2.24) is 25.1 Å². The summed E-state index contributed by atoms with van der Waals surface area (Å²) < 4.78 is 37.9. The number of aryl methyl sites for hydroxylation is 1. The van der Waals surface area contributed by atoms with Crippen molar-refractivity contribution in [3.8, 4) is 0 Å². The number of aromatic nitrogens is 4. The van der Waals surface area contributed by atoms with E-state index in [0.29, 0.717) is 44.1 Å². The minimum absolute atomic E-state index is 0.0507. The Hall–Kier alpha value is -3.18. The van der Waals surface area contributed by atoms with E-state index in [1.807, 2.05) is 0 Å². The quantitative estimate of drug-likeness (QED) is 0.726. The first kappa shape index (κ1) is 21.1. The number of H-pyrrole nitrogens is 1. The molecule has 166 valence electrons. The van der Waals surface area contributed by atoms with Gasteiger partial charge in [-0.15, -0.1) is 0 Å². The SMILES string of the molecule is Cc1cc(NC[C@H]2C[C@H]2C(=O)N2CCN(c3ncc(C(F)(F)F)cn3)CC2)n[nH]c1=O. The Labute approximate surface area is 175 Å². The van der Waals surface area contributed by atoms with E-state index < -0.39 is 11.7 Å². The van der Waals surface area contributed by atoms with E-state index in [1.54, 1.807) is 22.8 Å². The molecule has 1 aliphatic heterocycles. The number of rotatable bonds is 5. The lowest BCUT2D eigenvalue weighted by Gasteiger charge is -2.35. The summed E-state index contributed by atoms with van der Waals surface area (Å²) in [6.45, 7) is 4.17. The standard InChI is InChI=1S/C19H22F3N7O2/c1-11-6-15(26-27-16(11)30)23-8-12-7-14(12)17(31)28-2-4-29(5-3-28)18-24-9-13(10-25-18)19(20,21)22/h6,9-10,12,14H,2-5,7-8H2,1H3,(H,23,26)(H,27,30)/t12-,14-/m1/s1. The molecule has 2 N–H and O–H groups in total. The van der Waals surface area contributed by atoms with E-state index in [9.17, 15) is 22.8 Å². The Bertz CT molecular complexity index is 1000. The van der Waals surface area contributed by atoms with Crippen molar-refractivity contribution in [3.05, 3.63) is 39.9 Å². The van der Waals surface area contributed by atoms with Crippen LogP contribution >= 0.6 is 0 Å². The van der Waals surface area contributed by atoms with Crippen LogP contribution in [0.5, 0.6) is 0 Å². The second kappa shape index (κ2) is 8.16. The number of hydrogen-bond donors (Lipinski definition) is 2. The van der Waals surface area contributed by atoms with Crippen LogP contribution in [0.4, 0.5) is 24.9 Å². The number of nitrogens with one attached hydrogen (secondary N) is 2. The molecule has 1 amide bonds. The third-order valence-electron chi connectivity index (χ3n) is 5.61. The molecule has 0 unspecified atom stereocenters. The summed E-state index contributed by atoms with van der Waals surface area (Å²) in [4.78, 5) is 35.3. The number of piperazine rings is 1. The van der Waals surface area contributed by atoms with Crippen molar-refractivity contribution in [2.45, 2.75) is 19.5 Å². The smallest absolute Gasteiger partial charge is 0.368 e. The molecule has 9 nitrogen and oxygen atoms in total. The van der Waals surface area contributed by atoms with Gasteiger partial charge >= 0.3 is 6.18 Å². The van der Waals surface area contributed by atoms with Crippen LogP contribution in [0.2, 0.25) is 0 Å². The molecule has 2 aromatic heterocycles. The largest absolute Gasteiger partial charge is 0.419 e. The van der Waals surface area contributed by atoms with Crippen LogP contribution in [0.1, 0.15) is 17.5 Å². The molecule has 12 heteroatoms. The highest BCUT2D eigenvalue weighted by Crippen LogP contribution is 2.40. The molecule has 0 aromatic carbocycles. The Balaban J connectivity index is 1.24. The zero-order valence-corrected chi connectivity index (χ0v) is 16.8. The second-order valence-corrected chi connectivity index (χ2v) is 7.83. The predicted octanol–water partition coefficient (Wildman–Crippen LogP) is 1.28. The van der Waals surface area contributed by atoms with Gasteiger partial charge in [0.15, 0.2) is 0 Å². The van der Waals surface area contributed by atoms with Gasteiger partial charge in [0.05, 0.1) is 5.56 Å². The predicted molar refractivity (Wildman–Crippen MR) is 106 cm³/mol. The summed E-state index contributed by atoms with van der Waals surface area (Å²) in [6, 6.07) is 1.67. The summed E-state index contributed by atoms with van der Waals surface area (Å²) >= 11 is 0. The minimum atomic E-state index is -4.47. The molecule has 2 atom stereocenters. The highest BCUT2D eigenvalue weighted by molar-refractivity contribution is 5.82. The third kappa shape index (κ3) is 4.78. The molecule has 0 spiro atoms. The first-order valence-electron chi connectivity index (χ1n) is 9.95. The van der Waals surface area contributed by atoms with Crippen LogP contribution in [0.25, 0.3) is 0 Å². The first-order chi connectivity index (χ1) is 14.7. The van der Waals surface area contributed by atoms with Crippen LogP contribution in [0.15, 0.2) is 23.3 Å². The summed E-state index contributed by atoms with van der Waals surface area (Å²) in [5.41, 5.74) is -0.549. The van der Waals surface area contributed by atoms with E-state index in [1.165, 1.54) is 0 Å². The third-order valence-corrected chi connectivity index (χ3v) is 5.61. The van der Waals surface area contributed by atoms with E-state index in [-0.39, 0.29) is 29.3 Å². The topological polar surface area (TPSA) is 107 Å². The Kier molecular flexibility index (Phi) is 5.54. The number of carbonyl (C=O) groups excluding carboxylic acids is 1. The number of anilines is 2. The fourth-order valence-electron chi connectivity index (χ4n) is 3.60. The van der Waals surface area contributed by atoms with Gasteiger partial charge in [-0.2, -0.15) is 18.3 Å². The molecule has 0 radical (unpaired) electrons. The number of halogens is 3. The number of carbonyl (C=O) groups is 1. The summed E-state index contributed by atoms with van der Waals surface area (Å²) in [7, 11) is 0. The molecule has 4 rings (SSSR count). The first-order valence-corrected chi connectivity index (χ1v) is 9.95. The second-order valence-electron chi connectivity index (χ2n) is 7.83. The normalized spacial score (nSPS) is 21.2. The van der Waals surface area contributed by atoms with E-state index in [0.717, 1.165) is 18.8 Å². The van der Waals surface area contributed by atoms with Gasteiger partial charge in [0.2, 0.25) is 11.9 Å². The fraction of sp³-hybridized carbons (Fsp3) is 0.526. The van der Waals surface area contributed by atoms with Crippen LogP contribution in [-0.2, 0) is 11.0 Å². The van der Waals surface area contributed by atoms with Crippen molar-refractivity contribution in [1.29, 1.82) is 0 Å². The molecule has 3 heterocycles. The summed E-state index contributed by atoms with van der Waals surface area (Å²) in [5, 5.41) is 9.49. The fourth-order valence-corrected chi connectivity index (χ4v) is 3.60. The van der Waals surface area contributed by atoms with Gasteiger partial charge in [0.1, 0.15) is 5.82 Å². The van der Waals surface area contributed by atoms with Crippen molar-refractivity contribution in [3.63, 3.8) is 0 Å². The Morgan fingerprint density at radius 3 is 2.52 bits per heavy atom. The number of hydrogen-bond acceptors (Lipinski definition) is 7. The number of amides is 1. The maximum Gasteiger partial charge on any atom is 0.419 e. The van der Waals surface area contributed by atoms with Crippen LogP contribution in [0.3, 0.4) is 0 Å². The van der Waals surface area contributed by atoms with Crippen molar-refractivity contribution in [2.24, 2.45) is 11.8 Å². The average molecular weight is 437 g/mol. The van der Waals surface area contributed by atoms with Crippen molar-refractivity contribution < 1.29 is 18.0 Å². The molecular weight excluding hydrogens is 415 g/mol. The molecule has 1 saturated heterocycles. The van der Waals surface area contributed by atoms with Crippen molar-refractivity contribution >= 4 is 17.7 Å².